The van der Waals surface area contributed by atoms with Crippen molar-refractivity contribution in [1.82, 2.24) is 14.8 Å². The molecule has 0 bridgehead atoms. The van der Waals surface area contributed by atoms with Crippen LogP contribution in [-0.4, -0.2) is 39.5 Å². The summed E-state index contributed by atoms with van der Waals surface area (Å²) >= 11 is 2.78. The van der Waals surface area contributed by atoms with Gasteiger partial charge in [-0.1, -0.05) is 48.2 Å². The number of hydrogen-bond acceptors (Lipinski definition) is 7. The molecule has 0 atom stereocenters. The summed E-state index contributed by atoms with van der Waals surface area (Å²) in [6, 6.07) is 10.1. The highest BCUT2D eigenvalue weighted by atomic mass is 32.2. The summed E-state index contributed by atoms with van der Waals surface area (Å²) in [5, 5.41) is 12.8. The lowest BCUT2D eigenvalue weighted by Gasteiger charge is -2.09. The van der Waals surface area contributed by atoms with Gasteiger partial charge >= 0.3 is 5.97 Å². The summed E-state index contributed by atoms with van der Waals surface area (Å²) in [6.45, 7) is 4.39. The molecule has 2 heterocycles. The third-order valence-electron chi connectivity index (χ3n) is 5.21. The van der Waals surface area contributed by atoms with E-state index in [-0.39, 0.29) is 11.7 Å². The number of hydrogen-bond donors (Lipinski definition) is 1. The number of benzene rings is 1. The molecular formula is C23H24N4O3S2. The predicted molar refractivity (Wildman–Crippen MR) is 127 cm³/mol. The quantitative estimate of drug-likeness (QED) is 0.289. The number of aryl methyl sites for hydroxylation is 1. The van der Waals surface area contributed by atoms with E-state index in [1.165, 1.54) is 30.2 Å². The van der Waals surface area contributed by atoms with Gasteiger partial charge in [-0.25, -0.2) is 4.79 Å². The Labute approximate surface area is 194 Å². The standard InChI is InChI=1S/C23H24N4O3S2/c1-3-12-27-18(13-15-8-5-4-6-9-15)25-26-23(27)31-14-19(28)24-21-20(22(29)30-2)16-10-7-11-17(16)32-21/h3-6,8-9H,1,7,10-14H2,2H3,(H,24,28). The van der Waals surface area contributed by atoms with E-state index >= 15 is 0 Å². The van der Waals surface area contributed by atoms with Crippen molar-refractivity contribution in [3.05, 3.63) is 70.4 Å². The van der Waals surface area contributed by atoms with E-state index in [2.05, 4.69) is 22.1 Å². The zero-order chi connectivity index (χ0) is 22.5. The number of thiophene rings is 1. The molecule has 2 aromatic heterocycles. The molecule has 0 saturated heterocycles. The number of fused-ring (bicyclic) bond motifs is 1. The smallest absolute Gasteiger partial charge is 0.341 e. The molecule has 1 N–H and O–H groups in total. The van der Waals surface area contributed by atoms with Gasteiger partial charge in [0.05, 0.1) is 18.4 Å². The number of aromatic nitrogens is 3. The zero-order valence-electron chi connectivity index (χ0n) is 17.8. The lowest BCUT2D eigenvalue weighted by Crippen LogP contribution is -2.16. The fraction of sp³-hybridized carbons (Fsp3) is 0.304. The number of carbonyl (C=O) groups excluding carboxylic acids is 2. The molecular weight excluding hydrogens is 444 g/mol. The molecule has 1 aromatic carbocycles. The van der Waals surface area contributed by atoms with Crippen molar-refractivity contribution < 1.29 is 14.3 Å². The summed E-state index contributed by atoms with van der Waals surface area (Å²) in [7, 11) is 1.36. The molecule has 7 nitrogen and oxygen atoms in total. The van der Waals surface area contributed by atoms with Crippen molar-refractivity contribution in [2.75, 3.05) is 18.2 Å². The highest BCUT2D eigenvalue weighted by molar-refractivity contribution is 7.99. The second-order valence-electron chi connectivity index (χ2n) is 7.35. The molecule has 1 amide bonds. The van der Waals surface area contributed by atoms with E-state index in [4.69, 9.17) is 4.74 Å². The lowest BCUT2D eigenvalue weighted by atomic mass is 10.1. The van der Waals surface area contributed by atoms with Gasteiger partial charge in [0.2, 0.25) is 5.91 Å². The van der Waals surface area contributed by atoms with Gasteiger partial charge in [0.15, 0.2) is 5.16 Å². The molecule has 9 heteroatoms. The van der Waals surface area contributed by atoms with E-state index < -0.39 is 5.97 Å². The topological polar surface area (TPSA) is 86.1 Å². The molecule has 32 heavy (non-hydrogen) atoms. The maximum atomic E-state index is 12.7. The van der Waals surface area contributed by atoms with Gasteiger partial charge in [0.25, 0.3) is 0 Å². The normalized spacial score (nSPS) is 12.4. The average molecular weight is 469 g/mol. The Kier molecular flexibility index (Phi) is 7.06. The first-order valence-electron chi connectivity index (χ1n) is 10.3. The van der Waals surface area contributed by atoms with Gasteiger partial charge in [-0.3, -0.25) is 4.79 Å². The van der Waals surface area contributed by atoms with Gasteiger partial charge in [-0.15, -0.1) is 28.1 Å². The second kappa shape index (κ2) is 10.1. The average Bonchev–Trinajstić information content (AvgIpc) is 3.48. The van der Waals surface area contributed by atoms with Crippen LogP contribution in [0.15, 0.2) is 48.1 Å². The number of methoxy groups -OCH3 is 1. The number of thioether (sulfide) groups is 1. The van der Waals surface area contributed by atoms with Crippen LogP contribution in [-0.2, 0) is 35.3 Å². The van der Waals surface area contributed by atoms with Crippen molar-refractivity contribution in [2.45, 2.75) is 37.4 Å². The number of nitrogens with one attached hydrogen (secondary N) is 1. The Hall–Kier alpha value is -2.91. The minimum Gasteiger partial charge on any atom is -0.465 e. The third kappa shape index (κ3) is 4.78. The zero-order valence-corrected chi connectivity index (χ0v) is 19.4. The van der Waals surface area contributed by atoms with Crippen LogP contribution in [0.3, 0.4) is 0 Å². The van der Waals surface area contributed by atoms with Gasteiger partial charge in [-0.05, 0) is 30.4 Å². The van der Waals surface area contributed by atoms with Gasteiger partial charge in [-0.2, -0.15) is 0 Å². The summed E-state index contributed by atoms with van der Waals surface area (Å²) in [4.78, 5) is 26.1. The number of carbonyl (C=O) groups is 2. The number of allylic oxidation sites excluding steroid dienone is 1. The summed E-state index contributed by atoms with van der Waals surface area (Å²) in [6.07, 6.45) is 5.24. The van der Waals surface area contributed by atoms with Crippen molar-refractivity contribution in [2.24, 2.45) is 0 Å². The van der Waals surface area contributed by atoms with Gasteiger partial charge < -0.3 is 14.6 Å². The summed E-state index contributed by atoms with van der Waals surface area (Å²) in [5.74, 6) is 0.382. The molecule has 0 fully saturated rings. The van der Waals surface area contributed by atoms with Crippen molar-refractivity contribution in [1.29, 1.82) is 0 Å². The molecule has 0 spiro atoms. The fourth-order valence-electron chi connectivity index (χ4n) is 3.75. The van der Waals surface area contributed by atoms with Crippen molar-refractivity contribution in [3.8, 4) is 0 Å². The largest absolute Gasteiger partial charge is 0.465 e. The molecule has 1 aliphatic rings. The Morgan fingerprint density at radius 1 is 1.28 bits per heavy atom. The molecule has 0 radical (unpaired) electrons. The third-order valence-corrected chi connectivity index (χ3v) is 7.38. The van der Waals surface area contributed by atoms with Gasteiger partial charge in [0, 0.05) is 17.8 Å². The predicted octanol–water partition coefficient (Wildman–Crippen LogP) is 4.12. The van der Waals surface area contributed by atoms with E-state index in [1.807, 2.05) is 34.9 Å². The first kappa shape index (κ1) is 22.3. The SMILES string of the molecule is C=CCn1c(Cc2ccccc2)nnc1SCC(=O)Nc1sc2c(c1C(=O)OC)CCC2. The van der Waals surface area contributed by atoms with Crippen LogP contribution >= 0.6 is 23.1 Å². The maximum Gasteiger partial charge on any atom is 0.341 e. The fourth-order valence-corrected chi connectivity index (χ4v) is 5.81. The highest BCUT2D eigenvalue weighted by Gasteiger charge is 2.28. The molecule has 4 rings (SSSR count). The van der Waals surface area contributed by atoms with E-state index in [1.54, 1.807) is 6.08 Å². The second-order valence-corrected chi connectivity index (χ2v) is 9.40. The summed E-state index contributed by atoms with van der Waals surface area (Å²) < 4.78 is 6.92. The number of anilines is 1. The van der Waals surface area contributed by atoms with E-state index in [9.17, 15) is 9.59 Å². The van der Waals surface area contributed by atoms with Crippen LogP contribution in [0.4, 0.5) is 5.00 Å². The summed E-state index contributed by atoms with van der Waals surface area (Å²) in [5.41, 5.74) is 2.66. The Balaban J connectivity index is 1.45. The van der Waals surface area contributed by atoms with Crippen LogP contribution in [0.2, 0.25) is 0 Å². The first-order valence-corrected chi connectivity index (χ1v) is 12.1. The van der Waals surface area contributed by atoms with Crippen LogP contribution in [0, 0.1) is 0 Å². The number of nitrogens with zero attached hydrogens (tertiary/aromatic N) is 3. The minimum atomic E-state index is -0.399. The van der Waals surface area contributed by atoms with Crippen LogP contribution < -0.4 is 5.32 Å². The molecule has 166 valence electrons. The molecule has 0 unspecified atom stereocenters. The van der Waals surface area contributed by atoms with Crippen LogP contribution in [0.1, 0.15) is 38.6 Å². The lowest BCUT2D eigenvalue weighted by molar-refractivity contribution is -0.113. The highest BCUT2D eigenvalue weighted by Crippen LogP contribution is 2.39. The number of amides is 1. The van der Waals surface area contributed by atoms with E-state index in [0.717, 1.165) is 41.1 Å². The van der Waals surface area contributed by atoms with Crippen molar-refractivity contribution in [3.63, 3.8) is 0 Å². The van der Waals surface area contributed by atoms with Crippen LogP contribution in [0.25, 0.3) is 0 Å². The molecule has 0 aliphatic heterocycles. The Morgan fingerprint density at radius 2 is 2.09 bits per heavy atom. The molecule has 0 saturated carbocycles. The number of rotatable bonds is 9. The Morgan fingerprint density at radius 3 is 2.84 bits per heavy atom. The molecule has 3 aromatic rings. The first-order chi connectivity index (χ1) is 15.6. The van der Waals surface area contributed by atoms with Crippen LogP contribution in [0.5, 0.6) is 0 Å². The Bertz CT molecular complexity index is 1140. The number of ether oxygens (including phenoxy) is 1. The monoisotopic (exact) mass is 468 g/mol. The van der Waals surface area contributed by atoms with Crippen molar-refractivity contribution >= 4 is 40.0 Å². The minimum absolute atomic E-state index is 0.157. The molecule has 1 aliphatic carbocycles. The van der Waals surface area contributed by atoms with E-state index in [0.29, 0.717) is 28.7 Å². The number of esters is 1. The maximum absolute atomic E-state index is 12.7. The van der Waals surface area contributed by atoms with Gasteiger partial charge in [0.1, 0.15) is 10.8 Å².